The Kier molecular flexibility index (Phi) is 12.6. The third kappa shape index (κ3) is 11.3. The summed E-state index contributed by atoms with van der Waals surface area (Å²) in [5.74, 6) is 2.12. The molecule has 1 fully saturated rings. The number of anilines is 1. The quantitative estimate of drug-likeness (QED) is 0.234. The monoisotopic (exact) mass is 403 g/mol. The standard InChI is InChI=1S/C15H18NO2P.C9H20/c1-11-3-7-13(8-4-11)16-15(18)19(2)10-9-14(17)12-5-6-12;1-3-5-7-9-8-6-4-2/h3-4,7-10,17H,5-6H2,1-2H3,(H,16,18);3-9H2,1-2H3/b10-9+;. The number of aliphatic hydroxyl groups excluding tert-OH is 1. The molecule has 0 heterocycles. The molecule has 4 heteroatoms. The van der Waals surface area contributed by atoms with E-state index < -0.39 is 7.92 Å². The van der Waals surface area contributed by atoms with Crippen molar-refractivity contribution in [2.45, 2.75) is 78.6 Å². The summed E-state index contributed by atoms with van der Waals surface area (Å²) < 4.78 is 0. The fraction of sp³-hybridized carbons (Fsp3) is 0.542. The van der Waals surface area contributed by atoms with Crippen molar-refractivity contribution in [3.05, 3.63) is 53.1 Å². The number of allylic oxidation sites excluding steroid dienone is 2. The lowest BCUT2D eigenvalue weighted by Gasteiger charge is -2.08. The number of benzene rings is 1. The van der Waals surface area contributed by atoms with Crippen molar-refractivity contribution in [1.29, 1.82) is 0 Å². The molecular weight excluding hydrogens is 365 g/mol. The van der Waals surface area contributed by atoms with Gasteiger partial charge >= 0.3 is 0 Å². The topological polar surface area (TPSA) is 49.3 Å². The molecule has 0 aliphatic heterocycles. The molecule has 156 valence electrons. The van der Waals surface area contributed by atoms with Gasteiger partial charge in [0.25, 0.3) is 0 Å². The predicted molar refractivity (Wildman–Crippen MR) is 125 cm³/mol. The number of unbranched alkanes of at least 4 members (excludes halogenated alkanes) is 6. The van der Waals surface area contributed by atoms with E-state index in [1.165, 1.54) is 44.9 Å². The Hall–Kier alpha value is -1.60. The van der Waals surface area contributed by atoms with Gasteiger partial charge in [0.05, 0.1) is 0 Å². The van der Waals surface area contributed by atoms with E-state index in [0.29, 0.717) is 5.76 Å². The zero-order valence-electron chi connectivity index (χ0n) is 18.1. The van der Waals surface area contributed by atoms with E-state index in [0.717, 1.165) is 29.7 Å². The Morgan fingerprint density at radius 1 is 1.04 bits per heavy atom. The lowest BCUT2D eigenvalue weighted by molar-refractivity contribution is 0.269. The van der Waals surface area contributed by atoms with Gasteiger partial charge in [0.1, 0.15) is 5.76 Å². The minimum atomic E-state index is -0.927. The molecule has 1 amide bonds. The molecule has 1 unspecified atom stereocenters. The van der Waals surface area contributed by atoms with E-state index >= 15 is 0 Å². The Balaban J connectivity index is 0.000000370. The first-order valence-electron chi connectivity index (χ1n) is 10.7. The SMILES string of the molecule is CCCCCCCCC.Cc1ccc(NC(=O)P(C)/C=C/C(O)=C2CC2)cc1. The molecule has 28 heavy (non-hydrogen) atoms. The molecule has 1 atom stereocenters. The highest BCUT2D eigenvalue weighted by Crippen LogP contribution is 2.37. The van der Waals surface area contributed by atoms with Gasteiger partial charge in [-0.05, 0) is 56.0 Å². The van der Waals surface area contributed by atoms with Gasteiger partial charge in [0.2, 0.25) is 5.65 Å². The van der Waals surface area contributed by atoms with Gasteiger partial charge in [-0.2, -0.15) is 0 Å². The van der Waals surface area contributed by atoms with Crippen LogP contribution in [0.3, 0.4) is 0 Å². The van der Waals surface area contributed by atoms with Gasteiger partial charge in [0.15, 0.2) is 0 Å². The normalized spacial score (nSPS) is 13.6. The fourth-order valence-corrected chi connectivity index (χ4v) is 3.37. The average Bonchev–Trinajstić information content (AvgIpc) is 3.53. The first-order chi connectivity index (χ1) is 13.5. The largest absolute Gasteiger partial charge is 0.508 e. The second-order valence-electron chi connectivity index (χ2n) is 7.48. The Labute approximate surface area is 173 Å². The molecule has 0 spiro atoms. The molecular formula is C24H38NO2P. The molecule has 0 aromatic heterocycles. The number of amides is 1. The van der Waals surface area contributed by atoms with Crippen molar-refractivity contribution in [1.82, 2.24) is 0 Å². The average molecular weight is 404 g/mol. The summed E-state index contributed by atoms with van der Waals surface area (Å²) in [6.07, 6.45) is 13.6. The number of carbonyl (C=O) groups is 1. The van der Waals surface area contributed by atoms with Gasteiger partial charge in [-0.25, -0.2) is 0 Å². The molecule has 1 aliphatic rings. The molecule has 1 aromatic rings. The maximum atomic E-state index is 12.0. The number of carbonyl (C=O) groups excluding carboxylic acids is 1. The highest BCUT2D eigenvalue weighted by atomic mass is 31.1. The summed E-state index contributed by atoms with van der Waals surface area (Å²) in [7, 11) is -0.927. The van der Waals surface area contributed by atoms with E-state index in [4.69, 9.17) is 0 Å². The maximum Gasteiger partial charge on any atom is 0.249 e. The van der Waals surface area contributed by atoms with Crippen LogP contribution in [-0.4, -0.2) is 17.4 Å². The summed E-state index contributed by atoms with van der Waals surface area (Å²) >= 11 is 0. The number of rotatable bonds is 10. The number of nitrogens with one attached hydrogen (secondary N) is 1. The van der Waals surface area contributed by atoms with Crippen LogP contribution in [0.5, 0.6) is 0 Å². The Morgan fingerprint density at radius 2 is 1.57 bits per heavy atom. The molecule has 0 radical (unpaired) electrons. The first kappa shape index (κ1) is 24.4. The van der Waals surface area contributed by atoms with Crippen LogP contribution in [0.1, 0.15) is 77.2 Å². The Bertz CT molecular complexity index is 623. The van der Waals surface area contributed by atoms with Crippen LogP contribution in [0.2, 0.25) is 0 Å². The predicted octanol–water partition coefficient (Wildman–Crippen LogP) is 8.52. The molecule has 1 aliphatic carbocycles. The van der Waals surface area contributed by atoms with Crippen molar-refractivity contribution >= 4 is 19.3 Å². The summed E-state index contributed by atoms with van der Waals surface area (Å²) in [6.45, 7) is 8.41. The third-order valence-electron chi connectivity index (χ3n) is 4.65. The van der Waals surface area contributed by atoms with Crippen LogP contribution >= 0.6 is 7.92 Å². The lowest BCUT2D eigenvalue weighted by atomic mass is 10.1. The Morgan fingerprint density at radius 3 is 2.07 bits per heavy atom. The van der Waals surface area contributed by atoms with Crippen LogP contribution in [0, 0.1) is 6.92 Å². The zero-order chi connectivity index (χ0) is 20.8. The molecule has 1 saturated carbocycles. The van der Waals surface area contributed by atoms with Crippen LogP contribution in [-0.2, 0) is 0 Å². The first-order valence-corrected chi connectivity index (χ1v) is 12.5. The molecule has 0 saturated heterocycles. The van der Waals surface area contributed by atoms with E-state index in [2.05, 4.69) is 19.2 Å². The fourth-order valence-electron chi connectivity index (χ4n) is 2.57. The van der Waals surface area contributed by atoms with Gasteiger partial charge in [-0.1, -0.05) is 76.5 Å². The van der Waals surface area contributed by atoms with Crippen molar-refractivity contribution in [3.8, 4) is 0 Å². The number of hydrogen-bond acceptors (Lipinski definition) is 2. The maximum absolute atomic E-state index is 12.0. The molecule has 2 N–H and O–H groups in total. The van der Waals surface area contributed by atoms with Crippen molar-refractivity contribution < 1.29 is 9.90 Å². The van der Waals surface area contributed by atoms with Gasteiger partial charge in [-0.15, -0.1) is 0 Å². The van der Waals surface area contributed by atoms with Gasteiger partial charge < -0.3 is 10.4 Å². The lowest BCUT2D eigenvalue weighted by Crippen LogP contribution is -2.05. The third-order valence-corrected chi connectivity index (χ3v) is 6.00. The number of aliphatic hydroxyl groups is 1. The van der Waals surface area contributed by atoms with Crippen LogP contribution < -0.4 is 5.32 Å². The molecule has 1 aromatic carbocycles. The molecule has 0 bridgehead atoms. The zero-order valence-corrected chi connectivity index (χ0v) is 19.0. The van der Waals surface area contributed by atoms with E-state index in [1.54, 1.807) is 11.9 Å². The van der Waals surface area contributed by atoms with Crippen LogP contribution in [0.25, 0.3) is 0 Å². The summed E-state index contributed by atoms with van der Waals surface area (Å²) in [5, 5.41) is 12.5. The minimum absolute atomic E-state index is 0.0105. The van der Waals surface area contributed by atoms with E-state index in [9.17, 15) is 9.90 Å². The van der Waals surface area contributed by atoms with Crippen molar-refractivity contribution in [3.63, 3.8) is 0 Å². The number of hydrogen-bond donors (Lipinski definition) is 2. The van der Waals surface area contributed by atoms with E-state index in [1.807, 2.05) is 37.9 Å². The van der Waals surface area contributed by atoms with Gasteiger partial charge in [-0.3, -0.25) is 4.79 Å². The minimum Gasteiger partial charge on any atom is -0.508 e. The highest BCUT2D eigenvalue weighted by Gasteiger charge is 2.16. The van der Waals surface area contributed by atoms with Crippen LogP contribution in [0.4, 0.5) is 10.5 Å². The van der Waals surface area contributed by atoms with Crippen molar-refractivity contribution in [2.24, 2.45) is 0 Å². The highest BCUT2D eigenvalue weighted by molar-refractivity contribution is 7.77. The summed E-state index contributed by atoms with van der Waals surface area (Å²) in [6, 6.07) is 7.72. The van der Waals surface area contributed by atoms with Gasteiger partial charge in [0, 0.05) is 13.6 Å². The second-order valence-corrected chi connectivity index (χ2v) is 9.41. The van der Waals surface area contributed by atoms with Crippen LogP contribution in [0.15, 0.2) is 47.5 Å². The van der Waals surface area contributed by atoms with Crippen molar-refractivity contribution in [2.75, 3.05) is 12.0 Å². The second kappa shape index (κ2) is 14.4. The van der Waals surface area contributed by atoms with E-state index in [-0.39, 0.29) is 5.65 Å². The summed E-state index contributed by atoms with van der Waals surface area (Å²) in [5.41, 5.74) is 3.04. The number of aryl methyl sites for hydroxylation is 1. The smallest absolute Gasteiger partial charge is 0.249 e. The molecule has 3 nitrogen and oxygen atoms in total. The summed E-state index contributed by atoms with van der Waals surface area (Å²) in [4.78, 5) is 12.0. The molecule has 2 rings (SSSR count).